The van der Waals surface area contributed by atoms with Crippen LogP contribution in [0.25, 0.3) is 0 Å². The summed E-state index contributed by atoms with van der Waals surface area (Å²) in [4.78, 5) is 18.6. The number of aromatic nitrogens is 2. The SMILES string of the molecule is N#Cc1cc(N)ccc1Oc1cc(=O)[nH]c(C2CC2)n1. The summed E-state index contributed by atoms with van der Waals surface area (Å²) < 4.78 is 5.55. The van der Waals surface area contributed by atoms with Crippen LogP contribution in [0.4, 0.5) is 5.69 Å². The van der Waals surface area contributed by atoms with Gasteiger partial charge in [0.25, 0.3) is 5.56 Å². The maximum Gasteiger partial charge on any atom is 0.254 e. The number of nitrogen functional groups attached to an aromatic ring is 1. The molecule has 0 spiro atoms. The smallest absolute Gasteiger partial charge is 0.254 e. The molecule has 1 fully saturated rings. The lowest BCUT2D eigenvalue weighted by Gasteiger charge is -2.07. The van der Waals surface area contributed by atoms with Crippen molar-refractivity contribution < 1.29 is 4.74 Å². The fraction of sp³-hybridized carbons (Fsp3) is 0.214. The third-order valence-corrected chi connectivity index (χ3v) is 3.04. The molecule has 6 heteroatoms. The normalized spacial score (nSPS) is 13.8. The molecule has 3 N–H and O–H groups in total. The van der Waals surface area contributed by atoms with Gasteiger partial charge in [0.05, 0.1) is 11.6 Å². The lowest BCUT2D eigenvalue weighted by molar-refractivity contribution is 0.456. The monoisotopic (exact) mass is 268 g/mol. The highest BCUT2D eigenvalue weighted by Gasteiger charge is 2.26. The van der Waals surface area contributed by atoms with Crippen LogP contribution in [0.15, 0.2) is 29.1 Å². The number of nitrogens with one attached hydrogen (secondary N) is 1. The van der Waals surface area contributed by atoms with Crippen molar-refractivity contribution in [3.05, 3.63) is 46.0 Å². The number of benzene rings is 1. The molecule has 0 amide bonds. The summed E-state index contributed by atoms with van der Waals surface area (Å²) in [5.41, 5.74) is 6.14. The summed E-state index contributed by atoms with van der Waals surface area (Å²) in [5.74, 6) is 1.48. The van der Waals surface area contributed by atoms with Crippen molar-refractivity contribution in [1.82, 2.24) is 9.97 Å². The average molecular weight is 268 g/mol. The van der Waals surface area contributed by atoms with Crippen molar-refractivity contribution in [1.29, 1.82) is 5.26 Å². The third-order valence-electron chi connectivity index (χ3n) is 3.04. The van der Waals surface area contributed by atoms with Gasteiger partial charge in [0, 0.05) is 11.6 Å². The van der Waals surface area contributed by atoms with Crippen LogP contribution in [-0.4, -0.2) is 9.97 Å². The van der Waals surface area contributed by atoms with E-state index in [0.717, 1.165) is 12.8 Å². The predicted molar refractivity (Wildman–Crippen MR) is 72.5 cm³/mol. The molecule has 0 saturated heterocycles. The van der Waals surface area contributed by atoms with E-state index in [9.17, 15) is 4.79 Å². The van der Waals surface area contributed by atoms with Gasteiger partial charge in [-0.3, -0.25) is 4.79 Å². The van der Waals surface area contributed by atoms with Crippen molar-refractivity contribution in [3.63, 3.8) is 0 Å². The summed E-state index contributed by atoms with van der Waals surface area (Å²) in [6.07, 6.45) is 2.05. The highest BCUT2D eigenvalue weighted by molar-refractivity contribution is 5.53. The fourth-order valence-corrected chi connectivity index (χ4v) is 1.89. The Bertz CT molecular complexity index is 756. The second-order valence-electron chi connectivity index (χ2n) is 4.71. The van der Waals surface area contributed by atoms with Gasteiger partial charge in [-0.2, -0.15) is 10.2 Å². The molecular weight excluding hydrogens is 256 g/mol. The molecule has 1 aromatic heterocycles. The molecule has 100 valence electrons. The van der Waals surface area contributed by atoms with Gasteiger partial charge >= 0.3 is 0 Å². The lowest BCUT2D eigenvalue weighted by atomic mass is 10.2. The number of nitrogens with zero attached hydrogens (tertiary/aromatic N) is 2. The van der Waals surface area contributed by atoms with E-state index in [1.165, 1.54) is 12.1 Å². The van der Waals surface area contributed by atoms with Crippen LogP contribution in [-0.2, 0) is 0 Å². The highest BCUT2D eigenvalue weighted by atomic mass is 16.5. The minimum atomic E-state index is -0.258. The Balaban J connectivity index is 1.95. The third kappa shape index (κ3) is 2.47. The van der Waals surface area contributed by atoms with Crippen LogP contribution in [0.2, 0.25) is 0 Å². The number of nitrogens with two attached hydrogens (primary N) is 1. The Morgan fingerprint density at radius 1 is 1.40 bits per heavy atom. The maximum absolute atomic E-state index is 11.6. The molecule has 2 aromatic rings. The van der Waals surface area contributed by atoms with Gasteiger partial charge in [0.2, 0.25) is 5.88 Å². The molecule has 1 aliphatic rings. The van der Waals surface area contributed by atoms with E-state index in [4.69, 9.17) is 15.7 Å². The van der Waals surface area contributed by atoms with E-state index < -0.39 is 0 Å². The molecule has 1 aromatic carbocycles. The molecule has 1 saturated carbocycles. The van der Waals surface area contributed by atoms with Gasteiger partial charge in [-0.15, -0.1) is 0 Å². The molecule has 1 aliphatic carbocycles. The van der Waals surface area contributed by atoms with Gasteiger partial charge in [-0.05, 0) is 31.0 Å². The molecular formula is C14H12N4O2. The Labute approximate surface area is 114 Å². The van der Waals surface area contributed by atoms with E-state index in [0.29, 0.717) is 28.7 Å². The van der Waals surface area contributed by atoms with Crippen molar-refractivity contribution >= 4 is 5.69 Å². The first-order valence-electron chi connectivity index (χ1n) is 6.24. The lowest BCUT2D eigenvalue weighted by Crippen LogP contribution is -2.10. The van der Waals surface area contributed by atoms with Gasteiger partial charge in [-0.25, -0.2) is 0 Å². The summed E-state index contributed by atoms with van der Waals surface area (Å²) in [7, 11) is 0. The first kappa shape index (κ1) is 12.2. The van der Waals surface area contributed by atoms with E-state index in [1.54, 1.807) is 12.1 Å². The van der Waals surface area contributed by atoms with Crippen LogP contribution in [0.3, 0.4) is 0 Å². The molecule has 1 heterocycles. The average Bonchev–Trinajstić information content (AvgIpc) is 3.24. The molecule has 0 unspecified atom stereocenters. The predicted octanol–water partition coefficient (Wildman–Crippen LogP) is 1.89. The number of rotatable bonds is 3. The second kappa shape index (κ2) is 4.70. The highest BCUT2D eigenvalue weighted by Crippen LogP contribution is 2.38. The molecule has 20 heavy (non-hydrogen) atoms. The van der Waals surface area contributed by atoms with Crippen molar-refractivity contribution in [2.24, 2.45) is 0 Å². The molecule has 0 atom stereocenters. The summed E-state index contributed by atoms with van der Waals surface area (Å²) in [6, 6.07) is 8.01. The second-order valence-corrected chi connectivity index (χ2v) is 4.71. The maximum atomic E-state index is 11.6. The fourth-order valence-electron chi connectivity index (χ4n) is 1.89. The Hall–Kier alpha value is -2.81. The number of H-pyrrole nitrogens is 1. The zero-order valence-electron chi connectivity index (χ0n) is 10.6. The van der Waals surface area contributed by atoms with E-state index >= 15 is 0 Å². The van der Waals surface area contributed by atoms with Crippen LogP contribution in [0.5, 0.6) is 11.6 Å². The number of aromatic amines is 1. The number of hydrogen-bond acceptors (Lipinski definition) is 5. The number of ether oxygens (including phenoxy) is 1. The van der Waals surface area contributed by atoms with Crippen LogP contribution >= 0.6 is 0 Å². The zero-order valence-corrected chi connectivity index (χ0v) is 10.6. The number of hydrogen-bond donors (Lipinski definition) is 2. The van der Waals surface area contributed by atoms with E-state index in [-0.39, 0.29) is 11.4 Å². The van der Waals surface area contributed by atoms with E-state index in [1.807, 2.05) is 6.07 Å². The Kier molecular flexibility index (Phi) is 2.88. The quantitative estimate of drug-likeness (QED) is 0.827. The van der Waals surface area contributed by atoms with Gasteiger partial charge in [0.15, 0.2) is 0 Å². The van der Waals surface area contributed by atoms with Crippen LogP contribution in [0.1, 0.15) is 30.1 Å². The van der Waals surface area contributed by atoms with Gasteiger partial charge in [-0.1, -0.05) is 0 Å². The van der Waals surface area contributed by atoms with Crippen molar-refractivity contribution in [2.75, 3.05) is 5.73 Å². The molecule has 6 nitrogen and oxygen atoms in total. The molecule has 0 bridgehead atoms. The van der Waals surface area contributed by atoms with Crippen molar-refractivity contribution in [3.8, 4) is 17.7 Å². The zero-order chi connectivity index (χ0) is 14.1. The molecule has 3 rings (SSSR count). The minimum absolute atomic E-state index is 0.192. The standard InChI is InChI=1S/C14H12N4O2/c15-7-9-5-10(16)3-4-11(9)20-13-6-12(19)17-14(18-13)8-1-2-8/h3-6,8H,1-2,16H2,(H,17,18,19). The number of nitriles is 1. The summed E-state index contributed by atoms with van der Waals surface area (Å²) >= 11 is 0. The largest absolute Gasteiger partial charge is 0.437 e. The summed E-state index contributed by atoms with van der Waals surface area (Å²) in [6.45, 7) is 0. The Morgan fingerprint density at radius 2 is 2.20 bits per heavy atom. The van der Waals surface area contributed by atoms with E-state index in [2.05, 4.69) is 9.97 Å². The summed E-state index contributed by atoms with van der Waals surface area (Å²) in [5, 5.41) is 9.05. The van der Waals surface area contributed by atoms with Crippen molar-refractivity contribution in [2.45, 2.75) is 18.8 Å². The first-order valence-corrected chi connectivity index (χ1v) is 6.24. The first-order chi connectivity index (χ1) is 9.65. The topological polar surface area (TPSA) is 105 Å². The number of anilines is 1. The molecule has 0 radical (unpaired) electrons. The van der Waals surface area contributed by atoms with Crippen LogP contribution in [0, 0.1) is 11.3 Å². The Morgan fingerprint density at radius 3 is 2.90 bits per heavy atom. The molecule has 0 aliphatic heterocycles. The van der Waals surface area contributed by atoms with Crippen LogP contribution < -0.4 is 16.0 Å². The minimum Gasteiger partial charge on any atom is -0.437 e. The van der Waals surface area contributed by atoms with Gasteiger partial charge in [0.1, 0.15) is 17.6 Å². The van der Waals surface area contributed by atoms with Gasteiger partial charge < -0.3 is 15.5 Å².